The Kier molecular flexibility index (Phi) is 3.33. The lowest BCUT2D eigenvalue weighted by atomic mass is 9.90. The van der Waals surface area contributed by atoms with Gasteiger partial charge in [-0.2, -0.15) is 0 Å². The van der Waals surface area contributed by atoms with Gasteiger partial charge < -0.3 is 14.7 Å². The Bertz CT molecular complexity index is 419. The highest BCUT2D eigenvalue weighted by atomic mass is 32.1. The van der Waals surface area contributed by atoms with Crippen molar-refractivity contribution in [1.82, 2.24) is 9.88 Å². The monoisotopic (exact) mass is 270 g/mol. The lowest BCUT2D eigenvalue weighted by Gasteiger charge is -2.46. The van der Waals surface area contributed by atoms with E-state index in [2.05, 4.69) is 4.98 Å². The summed E-state index contributed by atoms with van der Waals surface area (Å²) in [5, 5.41) is 10.2. The van der Waals surface area contributed by atoms with E-state index in [-0.39, 0.29) is 6.09 Å². The molecule has 0 radical (unpaired) electrons. The van der Waals surface area contributed by atoms with Crippen molar-refractivity contribution in [1.29, 1.82) is 0 Å². The molecule has 18 heavy (non-hydrogen) atoms. The Hall–Kier alpha value is -1.14. The first kappa shape index (κ1) is 13.3. The molecule has 100 valence electrons. The minimum Gasteiger partial charge on any atom is -0.444 e. The third-order valence-electron chi connectivity index (χ3n) is 2.61. The van der Waals surface area contributed by atoms with Crippen molar-refractivity contribution in [3.63, 3.8) is 0 Å². The van der Waals surface area contributed by atoms with Crippen LogP contribution in [0.1, 0.15) is 25.6 Å². The number of nitrogens with zero attached hydrogens (tertiary/aromatic N) is 2. The van der Waals surface area contributed by atoms with Gasteiger partial charge in [0.1, 0.15) is 11.2 Å². The number of carbonyl (C=O) groups is 1. The fourth-order valence-corrected chi connectivity index (χ4v) is 2.62. The number of carbonyl (C=O) groups excluding carboxylic acids is 1. The van der Waals surface area contributed by atoms with Crippen molar-refractivity contribution in [2.24, 2.45) is 0 Å². The number of ether oxygens (including phenoxy) is 1. The molecule has 5 nitrogen and oxygen atoms in total. The molecule has 2 heterocycles. The minimum atomic E-state index is -0.830. The maximum absolute atomic E-state index is 11.7. The molecule has 0 spiro atoms. The molecule has 1 aliphatic heterocycles. The molecule has 2 rings (SSSR count). The van der Waals surface area contributed by atoms with Crippen molar-refractivity contribution < 1.29 is 14.6 Å². The summed E-state index contributed by atoms with van der Waals surface area (Å²) in [5.41, 5.74) is 0.412. The zero-order valence-electron chi connectivity index (χ0n) is 10.8. The van der Waals surface area contributed by atoms with Gasteiger partial charge in [0, 0.05) is 17.5 Å². The predicted octanol–water partition coefficient (Wildman–Crippen LogP) is 1.67. The predicted molar refractivity (Wildman–Crippen MR) is 68.6 cm³/mol. The molecule has 0 bridgehead atoms. The normalized spacial score (nSPS) is 18.3. The van der Waals surface area contributed by atoms with Crippen molar-refractivity contribution in [2.75, 3.05) is 13.1 Å². The van der Waals surface area contributed by atoms with E-state index in [1.807, 2.05) is 20.8 Å². The highest BCUT2D eigenvalue weighted by Crippen LogP contribution is 2.27. The van der Waals surface area contributed by atoms with Gasteiger partial charge in [-0.1, -0.05) is 0 Å². The highest BCUT2D eigenvalue weighted by Gasteiger charge is 2.45. The minimum absolute atomic E-state index is 0.319. The van der Waals surface area contributed by atoms with E-state index in [0.717, 1.165) is 4.88 Å². The Morgan fingerprint density at radius 1 is 1.61 bits per heavy atom. The lowest BCUT2D eigenvalue weighted by Crippen LogP contribution is -2.65. The van der Waals surface area contributed by atoms with Gasteiger partial charge in [0.25, 0.3) is 0 Å². The molecule has 0 atom stereocenters. The molecule has 1 N–H and O–H groups in total. The van der Waals surface area contributed by atoms with E-state index in [1.54, 1.807) is 11.7 Å². The molecule has 0 aliphatic carbocycles. The third-order valence-corrected chi connectivity index (χ3v) is 3.39. The molecule has 1 aromatic rings. The first-order valence-electron chi connectivity index (χ1n) is 5.85. The average Bonchev–Trinajstić information content (AvgIpc) is 2.63. The van der Waals surface area contributed by atoms with Gasteiger partial charge in [0.2, 0.25) is 0 Å². The Morgan fingerprint density at radius 2 is 2.28 bits per heavy atom. The number of hydrogen-bond acceptors (Lipinski definition) is 5. The Labute approximate surface area is 110 Å². The van der Waals surface area contributed by atoms with Crippen LogP contribution < -0.4 is 0 Å². The van der Waals surface area contributed by atoms with Crippen LogP contribution in [0.5, 0.6) is 0 Å². The largest absolute Gasteiger partial charge is 0.444 e. The van der Waals surface area contributed by atoms with Crippen LogP contribution in [0.2, 0.25) is 0 Å². The quantitative estimate of drug-likeness (QED) is 0.888. The first-order valence-corrected chi connectivity index (χ1v) is 6.73. The van der Waals surface area contributed by atoms with Crippen LogP contribution in [-0.4, -0.2) is 45.4 Å². The van der Waals surface area contributed by atoms with E-state index >= 15 is 0 Å². The number of aromatic nitrogens is 1. The van der Waals surface area contributed by atoms with Gasteiger partial charge in [0.15, 0.2) is 0 Å². The fraction of sp³-hybridized carbons (Fsp3) is 0.667. The summed E-state index contributed by atoms with van der Waals surface area (Å²) in [4.78, 5) is 18.2. The second-order valence-electron chi connectivity index (χ2n) is 5.71. The van der Waals surface area contributed by atoms with Crippen molar-refractivity contribution in [3.05, 3.63) is 16.6 Å². The fourth-order valence-electron chi connectivity index (χ4n) is 1.89. The molecule has 0 aromatic carbocycles. The van der Waals surface area contributed by atoms with Gasteiger partial charge in [-0.05, 0) is 20.8 Å². The van der Waals surface area contributed by atoms with E-state index < -0.39 is 11.2 Å². The molecule has 1 aliphatic rings. The molecule has 1 aromatic heterocycles. The standard InChI is InChI=1S/C12H18N2O3S/c1-11(2,3)17-10(15)14-6-12(16,7-14)4-9-5-13-8-18-9/h5,8,16H,4,6-7H2,1-3H3. The smallest absolute Gasteiger partial charge is 0.410 e. The van der Waals surface area contributed by atoms with Gasteiger partial charge >= 0.3 is 6.09 Å². The zero-order chi connectivity index (χ0) is 13.4. The summed E-state index contributed by atoms with van der Waals surface area (Å²) in [5.74, 6) is 0. The highest BCUT2D eigenvalue weighted by molar-refractivity contribution is 7.09. The number of aliphatic hydroxyl groups is 1. The summed E-state index contributed by atoms with van der Waals surface area (Å²) >= 11 is 1.51. The summed E-state index contributed by atoms with van der Waals surface area (Å²) in [6.45, 7) is 6.12. The molecular formula is C12H18N2O3S. The van der Waals surface area contributed by atoms with E-state index in [4.69, 9.17) is 4.74 Å². The lowest BCUT2D eigenvalue weighted by molar-refractivity contribution is -0.0969. The average molecular weight is 270 g/mol. The molecular weight excluding hydrogens is 252 g/mol. The second-order valence-corrected chi connectivity index (χ2v) is 6.68. The Morgan fingerprint density at radius 3 is 2.78 bits per heavy atom. The van der Waals surface area contributed by atoms with E-state index in [0.29, 0.717) is 19.5 Å². The maximum Gasteiger partial charge on any atom is 0.410 e. The van der Waals surface area contributed by atoms with Gasteiger partial charge in [-0.25, -0.2) is 4.79 Å². The van der Waals surface area contributed by atoms with E-state index in [9.17, 15) is 9.90 Å². The van der Waals surface area contributed by atoms with Crippen LogP contribution in [0.15, 0.2) is 11.7 Å². The van der Waals surface area contributed by atoms with Gasteiger partial charge in [0.05, 0.1) is 18.6 Å². The number of likely N-dealkylation sites (tertiary alicyclic amines) is 1. The summed E-state index contributed by atoms with van der Waals surface area (Å²) in [6.07, 6.45) is 1.92. The van der Waals surface area contributed by atoms with Crippen LogP contribution in [0.25, 0.3) is 0 Å². The maximum atomic E-state index is 11.7. The molecule has 1 amide bonds. The molecule has 0 unspecified atom stereocenters. The third kappa shape index (κ3) is 3.20. The van der Waals surface area contributed by atoms with Crippen molar-refractivity contribution in [2.45, 2.75) is 38.4 Å². The molecule has 1 saturated heterocycles. The number of hydrogen-bond donors (Lipinski definition) is 1. The summed E-state index contributed by atoms with van der Waals surface area (Å²) in [6, 6.07) is 0. The van der Waals surface area contributed by atoms with Gasteiger partial charge in [-0.15, -0.1) is 11.3 Å². The second kappa shape index (κ2) is 4.51. The van der Waals surface area contributed by atoms with Crippen LogP contribution in [0, 0.1) is 0 Å². The van der Waals surface area contributed by atoms with E-state index in [1.165, 1.54) is 16.2 Å². The number of thiazole rings is 1. The zero-order valence-corrected chi connectivity index (χ0v) is 11.7. The number of amides is 1. The number of rotatable bonds is 2. The summed E-state index contributed by atoms with van der Waals surface area (Å²) in [7, 11) is 0. The van der Waals surface area contributed by atoms with Crippen LogP contribution in [-0.2, 0) is 11.2 Å². The molecule has 0 saturated carbocycles. The number of β-amino-alcohol motifs (C(OH)–C–C–N with tert-alkyl or cyclic N) is 1. The van der Waals surface area contributed by atoms with Gasteiger partial charge in [-0.3, -0.25) is 4.98 Å². The summed E-state index contributed by atoms with van der Waals surface area (Å²) < 4.78 is 5.24. The van der Waals surface area contributed by atoms with Crippen LogP contribution in [0.4, 0.5) is 4.79 Å². The topological polar surface area (TPSA) is 62.7 Å². The Balaban J connectivity index is 1.84. The van der Waals surface area contributed by atoms with Crippen LogP contribution >= 0.6 is 11.3 Å². The SMILES string of the molecule is CC(C)(C)OC(=O)N1CC(O)(Cc2cncs2)C1. The first-order chi connectivity index (χ1) is 8.27. The molecule has 6 heteroatoms. The van der Waals surface area contributed by atoms with Crippen molar-refractivity contribution >= 4 is 17.4 Å². The van der Waals surface area contributed by atoms with Crippen molar-refractivity contribution in [3.8, 4) is 0 Å². The molecule has 1 fully saturated rings. The van der Waals surface area contributed by atoms with Crippen LogP contribution in [0.3, 0.4) is 0 Å².